The molecule has 1 aromatic carbocycles. The monoisotopic (exact) mass is 418 g/mol. The summed E-state index contributed by atoms with van der Waals surface area (Å²) >= 11 is 0. The Morgan fingerprint density at radius 3 is 2.27 bits per heavy atom. The number of ether oxygens (including phenoxy) is 3. The van der Waals surface area contributed by atoms with Crippen LogP contribution in [0.2, 0.25) is 0 Å². The normalized spacial score (nSPS) is 14.4. The van der Waals surface area contributed by atoms with E-state index in [0.717, 1.165) is 5.56 Å². The summed E-state index contributed by atoms with van der Waals surface area (Å²) in [7, 11) is 0. The largest absolute Gasteiger partial charge is 0.463 e. The number of nitrogens with zero attached hydrogens (tertiary/aromatic N) is 2. The van der Waals surface area contributed by atoms with E-state index in [9.17, 15) is 14.7 Å². The lowest BCUT2D eigenvalue weighted by Gasteiger charge is -2.27. The van der Waals surface area contributed by atoms with Crippen molar-refractivity contribution in [3.8, 4) is 0 Å². The van der Waals surface area contributed by atoms with Gasteiger partial charge in [-0.25, -0.2) is 14.6 Å². The zero-order chi connectivity index (χ0) is 21.6. The van der Waals surface area contributed by atoms with Crippen LogP contribution in [0.5, 0.6) is 0 Å². The van der Waals surface area contributed by atoms with Crippen molar-refractivity contribution in [3.63, 3.8) is 0 Å². The van der Waals surface area contributed by atoms with E-state index in [1.165, 1.54) is 0 Å². The fraction of sp³-hybridized carbons (Fsp3) is 0.476. The van der Waals surface area contributed by atoms with Gasteiger partial charge in [-0.15, -0.1) is 0 Å². The van der Waals surface area contributed by atoms with Gasteiger partial charge in [0, 0.05) is 19.5 Å². The van der Waals surface area contributed by atoms with Crippen LogP contribution in [0.15, 0.2) is 34.7 Å². The molecule has 30 heavy (non-hydrogen) atoms. The average molecular weight is 418 g/mol. The summed E-state index contributed by atoms with van der Waals surface area (Å²) in [5.41, 5.74) is -1.34. The number of anilines is 1. The Hall–Kier alpha value is -2.91. The van der Waals surface area contributed by atoms with Gasteiger partial charge < -0.3 is 28.6 Å². The van der Waals surface area contributed by atoms with Crippen molar-refractivity contribution in [1.82, 2.24) is 4.98 Å². The van der Waals surface area contributed by atoms with Gasteiger partial charge in [0.15, 0.2) is 0 Å². The molecule has 1 aliphatic rings. The van der Waals surface area contributed by atoms with Crippen molar-refractivity contribution >= 4 is 17.8 Å². The molecule has 3 rings (SSSR count). The second-order valence-corrected chi connectivity index (χ2v) is 6.68. The van der Waals surface area contributed by atoms with Crippen LogP contribution < -0.4 is 4.90 Å². The third kappa shape index (κ3) is 4.47. The van der Waals surface area contributed by atoms with Crippen LogP contribution in [0.4, 0.5) is 5.88 Å². The predicted molar refractivity (Wildman–Crippen MR) is 106 cm³/mol. The van der Waals surface area contributed by atoms with Crippen molar-refractivity contribution in [2.75, 3.05) is 44.4 Å². The van der Waals surface area contributed by atoms with Gasteiger partial charge in [-0.1, -0.05) is 30.3 Å². The van der Waals surface area contributed by atoms with Gasteiger partial charge in [0.1, 0.15) is 5.69 Å². The molecule has 2 heterocycles. The van der Waals surface area contributed by atoms with E-state index in [1.807, 2.05) is 35.2 Å². The van der Waals surface area contributed by atoms with E-state index in [2.05, 4.69) is 4.98 Å². The van der Waals surface area contributed by atoms with Gasteiger partial charge in [-0.3, -0.25) is 0 Å². The lowest BCUT2D eigenvalue weighted by molar-refractivity contribution is -0.187. The van der Waals surface area contributed by atoms with E-state index in [4.69, 9.17) is 18.6 Å². The molecule has 0 bridgehead atoms. The van der Waals surface area contributed by atoms with Crippen molar-refractivity contribution < 1.29 is 33.3 Å². The molecule has 0 atom stereocenters. The first-order chi connectivity index (χ1) is 14.5. The highest BCUT2D eigenvalue weighted by molar-refractivity contribution is 6.03. The first-order valence-electron chi connectivity index (χ1n) is 9.94. The Morgan fingerprint density at radius 1 is 1.10 bits per heavy atom. The van der Waals surface area contributed by atoms with E-state index >= 15 is 0 Å². The van der Waals surface area contributed by atoms with Gasteiger partial charge >= 0.3 is 17.5 Å². The number of esters is 2. The molecule has 0 saturated carbocycles. The van der Waals surface area contributed by atoms with E-state index in [0.29, 0.717) is 44.3 Å². The van der Waals surface area contributed by atoms with Crippen molar-refractivity contribution in [2.45, 2.75) is 25.9 Å². The summed E-state index contributed by atoms with van der Waals surface area (Å²) in [6, 6.07) is 9.57. The number of aromatic nitrogens is 1. The summed E-state index contributed by atoms with van der Waals surface area (Å²) in [4.78, 5) is 31.3. The van der Waals surface area contributed by atoms with E-state index in [1.54, 1.807) is 13.8 Å². The number of hydrogen-bond donors (Lipinski definition) is 1. The molecule has 1 aromatic heterocycles. The van der Waals surface area contributed by atoms with Gasteiger partial charge in [-0.05, 0) is 19.4 Å². The smallest absolute Gasteiger partial charge is 0.360 e. The third-order valence-electron chi connectivity index (χ3n) is 4.64. The molecule has 162 valence electrons. The summed E-state index contributed by atoms with van der Waals surface area (Å²) in [5.74, 6) is -2.47. The highest BCUT2D eigenvalue weighted by Crippen LogP contribution is 2.32. The Bertz CT molecular complexity index is 841. The summed E-state index contributed by atoms with van der Waals surface area (Å²) < 4.78 is 21.1. The molecule has 1 saturated heterocycles. The molecular weight excluding hydrogens is 392 g/mol. The number of aliphatic hydroxyl groups is 1. The maximum Gasteiger partial charge on any atom is 0.360 e. The summed E-state index contributed by atoms with van der Waals surface area (Å²) in [5, 5.41) is 11.0. The molecule has 9 heteroatoms. The molecule has 9 nitrogen and oxygen atoms in total. The van der Waals surface area contributed by atoms with Crippen LogP contribution in [0.1, 0.15) is 31.0 Å². The lowest BCUT2D eigenvalue weighted by Crippen LogP contribution is -2.46. The van der Waals surface area contributed by atoms with Crippen LogP contribution in [0, 0.1) is 0 Å². The molecule has 0 spiro atoms. The molecule has 1 fully saturated rings. The first kappa shape index (κ1) is 21.8. The topological polar surface area (TPSA) is 111 Å². The second-order valence-electron chi connectivity index (χ2n) is 6.68. The fourth-order valence-electron chi connectivity index (χ4n) is 3.15. The van der Waals surface area contributed by atoms with Crippen LogP contribution in [-0.4, -0.2) is 61.5 Å². The van der Waals surface area contributed by atoms with Crippen LogP contribution >= 0.6 is 0 Å². The van der Waals surface area contributed by atoms with Crippen LogP contribution in [0.3, 0.4) is 0 Å². The van der Waals surface area contributed by atoms with Gasteiger partial charge in [0.25, 0.3) is 5.89 Å². The van der Waals surface area contributed by atoms with Crippen molar-refractivity contribution in [2.24, 2.45) is 0 Å². The minimum atomic E-state index is -2.79. The second kappa shape index (κ2) is 9.73. The number of carbonyl (C=O) groups is 2. The number of hydrogen-bond acceptors (Lipinski definition) is 9. The van der Waals surface area contributed by atoms with Crippen molar-refractivity contribution in [3.05, 3.63) is 47.5 Å². The molecule has 0 aliphatic carbocycles. The minimum absolute atomic E-state index is 0.0333. The zero-order valence-electron chi connectivity index (χ0n) is 17.1. The number of rotatable bonds is 8. The lowest BCUT2D eigenvalue weighted by atomic mass is 10.0. The first-order valence-corrected chi connectivity index (χ1v) is 9.94. The molecule has 0 unspecified atom stereocenters. The number of benzene rings is 1. The Morgan fingerprint density at radius 2 is 1.70 bits per heavy atom. The maximum absolute atomic E-state index is 12.5. The number of oxazole rings is 1. The molecule has 1 N–H and O–H groups in total. The standard InChI is InChI=1S/C21H26N2O7/c1-3-28-19(24)21(26,20(25)29-4-2)18-22-16(14-15-8-6-5-7-9-15)17(30-18)23-10-12-27-13-11-23/h5-9,26H,3-4,10-14H2,1-2H3. The molecule has 1 aliphatic heterocycles. The Kier molecular flexibility index (Phi) is 7.07. The van der Waals surface area contributed by atoms with E-state index < -0.39 is 23.4 Å². The maximum atomic E-state index is 12.5. The number of carbonyl (C=O) groups excluding carboxylic acids is 2. The summed E-state index contributed by atoms with van der Waals surface area (Å²) in [6.07, 6.45) is 0.388. The van der Waals surface area contributed by atoms with Crippen LogP contribution in [0.25, 0.3) is 0 Å². The molecular formula is C21H26N2O7. The average Bonchev–Trinajstić information content (AvgIpc) is 3.19. The fourth-order valence-corrected chi connectivity index (χ4v) is 3.15. The highest BCUT2D eigenvalue weighted by Gasteiger charge is 2.54. The predicted octanol–water partition coefficient (Wildman–Crippen LogP) is 1.42. The van der Waals surface area contributed by atoms with Gasteiger partial charge in [-0.2, -0.15) is 0 Å². The minimum Gasteiger partial charge on any atom is -0.463 e. The van der Waals surface area contributed by atoms with Crippen molar-refractivity contribution in [1.29, 1.82) is 0 Å². The van der Waals surface area contributed by atoms with Gasteiger partial charge in [0.2, 0.25) is 5.88 Å². The quantitative estimate of drug-likeness (QED) is 0.502. The zero-order valence-corrected chi connectivity index (χ0v) is 17.1. The van der Waals surface area contributed by atoms with Gasteiger partial charge in [0.05, 0.1) is 26.4 Å². The Balaban J connectivity index is 2.05. The Labute approximate surface area is 174 Å². The summed E-state index contributed by atoms with van der Waals surface area (Å²) in [6.45, 7) is 5.17. The molecule has 2 aromatic rings. The van der Waals surface area contributed by atoms with E-state index in [-0.39, 0.29) is 13.2 Å². The number of morpholine rings is 1. The van der Waals surface area contributed by atoms with Crippen LogP contribution in [-0.2, 0) is 35.8 Å². The molecule has 0 amide bonds. The SMILES string of the molecule is CCOC(=O)C(O)(C(=O)OCC)c1nc(Cc2ccccc2)c(N2CCOCC2)o1. The molecule has 0 radical (unpaired) electrons. The highest BCUT2D eigenvalue weighted by atomic mass is 16.6. The third-order valence-corrected chi connectivity index (χ3v) is 4.64.